The number of aliphatic imine (C=N–C) groups is 1. The van der Waals surface area contributed by atoms with E-state index in [1.165, 1.54) is 0 Å². The van der Waals surface area contributed by atoms with E-state index in [2.05, 4.69) is 4.99 Å². The van der Waals surface area contributed by atoms with Crippen molar-refractivity contribution < 1.29 is 4.79 Å². The molecule has 0 N–H and O–H groups in total. The number of carbonyl (C=O) groups is 1. The van der Waals surface area contributed by atoms with Gasteiger partial charge < -0.3 is 0 Å². The zero-order chi connectivity index (χ0) is 12.8. The zero-order valence-corrected chi connectivity index (χ0v) is 11.1. The van der Waals surface area contributed by atoms with Crippen molar-refractivity contribution in [2.24, 2.45) is 4.99 Å². The molecule has 3 heteroatoms. The Morgan fingerprint density at radius 1 is 1.24 bits per heavy atom. The minimum Gasteiger partial charge on any atom is -0.276 e. The third kappa shape index (κ3) is 3.82. The molecule has 0 aromatic heterocycles. The van der Waals surface area contributed by atoms with E-state index < -0.39 is 5.24 Å². The SMILES string of the molecule is CC/C(C(=O)Cl)=C(\N=C(C)C)c1ccccc1. The normalized spacial score (nSPS) is 11.8. The van der Waals surface area contributed by atoms with Crippen LogP contribution in [0.4, 0.5) is 0 Å². The Morgan fingerprint density at radius 3 is 2.24 bits per heavy atom. The molecule has 0 heterocycles. The Kier molecular flexibility index (Phi) is 5.11. The first-order valence-corrected chi connectivity index (χ1v) is 5.94. The summed E-state index contributed by atoms with van der Waals surface area (Å²) in [6, 6.07) is 9.62. The molecule has 0 aliphatic heterocycles. The van der Waals surface area contributed by atoms with Crippen LogP contribution >= 0.6 is 11.6 Å². The van der Waals surface area contributed by atoms with Crippen molar-refractivity contribution in [3.05, 3.63) is 41.5 Å². The highest BCUT2D eigenvalue weighted by Gasteiger charge is 2.12. The molecule has 90 valence electrons. The van der Waals surface area contributed by atoms with E-state index in [1.807, 2.05) is 51.1 Å². The number of nitrogens with zero attached hydrogens (tertiary/aromatic N) is 1. The van der Waals surface area contributed by atoms with Crippen LogP contribution in [0.2, 0.25) is 0 Å². The number of allylic oxidation sites excluding steroid dienone is 1. The van der Waals surface area contributed by atoms with E-state index in [9.17, 15) is 4.79 Å². The maximum atomic E-state index is 11.4. The maximum absolute atomic E-state index is 11.4. The highest BCUT2D eigenvalue weighted by molar-refractivity contribution is 6.68. The predicted molar refractivity (Wildman–Crippen MR) is 73.3 cm³/mol. The first kappa shape index (κ1) is 13.7. The molecule has 0 fully saturated rings. The van der Waals surface area contributed by atoms with Crippen molar-refractivity contribution in [2.45, 2.75) is 27.2 Å². The molecular formula is C14H16ClNO. The van der Waals surface area contributed by atoms with Gasteiger partial charge in [0.1, 0.15) is 0 Å². The number of benzene rings is 1. The van der Waals surface area contributed by atoms with Crippen molar-refractivity contribution in [1.82, 2.24) is 0 Å². The highest BCUT2D eigenvalue weighted by Crippen LogP contribution is 2.24. The fourth-order valence-electron chi connectivity index (χ4n) is 1.53. The summed E-state index contributed by atoms with van der Waals surface area (Å²) in [5.74, 6) is 0. The molecule has 0 radical (unpaired) electrons. The molecule has 0 spiro atoms. The van der Waals surface area contributed by atoms with Crippen LogP contribution in [0.1, 0.15) is 32.8 Å². The molecule has 17 heavy (non-hydrogen) atoms. The van der Waals surface area contributed by atoms with Gasteiger partial charge in [-0.3, -0.25) is 9.79 Å². The molecule has 0 saturated heterocycles. The van der Waals surface area contributed by atoms with E-state index in [0.29, 0.717) is 17.7 Å². The van der Waals surface area contributed by atoms with Crippen LogP contribution in [0.3, 0.4) is 0 Å². The lowest BCUT2D eigenvalue weighted by atomic mass is 10.1. The number of rotatable bonds is 4. The molecule has 0 aliphatic rings. The molecular weight excluding hydrogens is 234 g/mol. The summed E-state index contributed by atoms with van der Waals surface area (Å²) in [5.41, 5.74) is 3.04. The standard InChI is InChI=1S/C14H16ClNO/c1-4-12(14(15)17)13(16-10(2)3)11-8-6-5-7-9-11/h5-9H,4H2,1-3H3/b13-12+. The van der Waals surface area contributed by atoms with Crippen molar-refractivity contribution >= 4 is 28.3 Å². The molecule has 0 aliphatic carbocycles. The predicted octanol–water partition coefficient (Wildman–Crippen LogP) is 4.05. The number of halogens is 1. The largest absolute Gasteiger partial charge is 0.276 e. The lowest BCUT2D eigenvalue weighted by Gasteiger charge is -2.08. The molecule has 1 aromatic carbocycles. The van der Waals surface area contributed by atoms with Gasteiger partial charge in [0.2, 0.25) is 0 Å². The first-order chi connectivity index (χ1) is 8.06. The third-order valence-electron chi connectivity index (χ3n) is 2.26. The summed E-state index contributed by atoms with van der Waals surface area (Å²) in [6.07, 6.45) is 0.573. The van der Waals surface area contributed by atoms with Crippen LogP contribution in [0, 0.1) is 0 Å². The van der Waals surface area contributed by atoms with Crippen molar-refractivity contribution in [3.63, 3.8) is 0 Å². The first-order valence-electron chi connectivity index (χ1n) is 5.56. The van der Waals surface area contributed by atoms with Gasteiger partial charge in [0.05, 0.1) is 5.70 Å². The van der Waals surface area contributed by atoms with E-state index in [1.54, 1.807) is 0 Å². The fraction of sp³-hybridized carbons (Fsp3) is 0.286. The van der Waals surface area contributed by atoms with Crippen molar-refractivity contribution in [3.8, 4) is 0 Å². The summed E-state index contributed by atoms with van der Waals surface area (Å²) in [4.78, 5) is 15.8. The lowest BCUT2D eigenvalue weighted by molar-refractivity contribution is -0.108. The van der Waals surface area contributed by atoms with Crippen LogP contribution in [0.5, 0.6) is 0 Å². The van der Waals surface area contributed by atoms with Gasteiger partial charge in [-0.1, -0.05) is 37.3 Å². The lowest BCUT2D eigenvalue weighted by Crippen LogP contribution is -1.98. The Bertz CT molecular complexity index is 456. The summed E-state index contributed by atoms with van der Waals surface area (Å²) in [5, 5.41) is -0.434. The second kappa shape index (κ2) is 6.36. The molecule has 0 amide bonds. The van der Waals surface area contributed by atoms with Crippen LogP contribution < -0.4 is 0 Å². The van der Waals surface area contributed by atoms with Gasteiger partial charge in [-0.15, -0.1) is 0 Å². The van der Waals surface area contributed by atoms with Gasteiger partial charge in [0.15, 0.2) is 0 Å². The summed E-state index contributed by atoms with van der Waals surface area (Å²) < 4.78 is 0. The Hall–Kier alpha value is -1.41. The van der Waals surface area contributed by atoms with Gasteiger partial charge in [-0.25, -0.2) is 0 Å². The van der Waals surface area contributed by atoms with E-state index >= 15 is 0 Å². The second-order valence-electron chi connectivity index (χ2n) is 3.88. The molecule has 0 saturated carbocycles. The average molecular weight is 250 g/mol. The zero-order valence-electron chi connectivity index (χ0n) is 10.3. The second-order valence-corrected chi connectivity index (χ2v) is 4.22. The summed E-state index contributed by atoms with van der Waals surface area (Å²) >= 11 is 5.61. The van der Waals surface area contributed by atoms with Gasteiger partial charge in [0.25, 0.3) is 5.24 Å². The molecule has 0 atom stereocenters. The number of hydrogen-bond acceptors (Lipinski definition) is 2. The Labute approximate surface area is 107 Å². The summed E-state index contributed by atoms with van der Waals surface area (Å²) in [6.45, 7) is 5.70. The number of carbonyl (C=O) groups excluding carboxylic acids is 1. The highest BCUT2D eigenvalue weighted by atomic mass is 35.5. The van der Waals surface area contributed by atoms with Crippen LogP contribution in [0.15, 0.2) is 40.9 Å². The van der Waals surface area contributed by atoms with Crippen molar-refractivity contribution in [1.29, 1.82) is 0 Å². The summed E-state index contributed by atoms with van der Waals surface area (Å²) in [7, 11) is 0. The quantitative estimate of drug-likeness (QED) is 0.450. The van der Waals surface area contributed by atoms with Gasteiger partial charge in [0, 0.05) is 16.8 Å². The van der Waals surface area contributed by atoms with Gasteiger partial charge in [-0.2, -0.15) is 0 Å². The molecule has 2 nitrogen and oxygen atoms in total. The topological polar surface area (TPSA) is 29.4 Å². The van der Waals surface area contributed by atoms with Crippen LogP contribution in [-0.2, 0) is 4.79 Å². The minimum atomic E-state index is -0.434. The smallest absolute Gasteiger partial charge is 0.250 e. The van der Waals surface area contributed by atoms with E-state index in [4.69, 9.17) is 11.6 Å². The van der Waals surface area contributed by atoms with Crippen LogP contribution in [-0.4, -0.2) is 11.0 Å². The molecule has 0 unspecified atom stereocenters. The van der Waals surface area contributed by atoms with E-state index in [-0.39, 0.29) is 0 Å². The van der Waals surface area contributed by atoms with Gasteiger partial charge >= 0.3 is 0 Å². The Balaban J connectivity index is 3.41. The molecule has 1 rings (SSSR count). The number of hydrogen-bond donors (Lipinski definition) is 0. The molecule has 0 bridgehead atoms. The fourth-order valence-corrected chi connectivity index (χ4v) is 1.75. The third-order valence-corrected chi connectivity index (χ3v) is 2.49. The minimum absolute atomic E-state index is 0.434. The maximum Gasteiger partial charge on any atom is 0.250 e. The van der Waals surface area contributed by atoms with Gasteiger partial charge in [-0.05, 0) is 31.9 Å². The van der Waals surface area contributed by atoms with Crippen LogP contribution in [0.25, 0.3) is 5.70 Å². The average Bonchev–Trinajstić information content (AvgIpc) is 2.29. The monoisotopic (exact) mass is 249 g/mol. The van der Waals surface area contributed by atoms with E-state index in [0.717, 1.165) is 11.3 Å². The molecule has 1 aromatic rings. The van der Waals surface area contributed by atoms with Crippen molar-refractivity contribution in [2.75, 3.05) is 0 Å². The Morgan fingerprint density at radius 2 is 1.82 bits per heavy atom.